The lowest BCUT2D eigenvalue weighted by Crippen LogP contribution is -2.41. The molecule has 2 nitrogen and oxygen atoms in total. The number of benzene rings is 1. The minimum absolute atomic E-state index is 0.0840. The molecule has 1 heterocycles. The average Bonchev–Trinajstić information content (AvgIpc) is 2.66. The van der Waals surface area contributed by atoms with Crippen LogP contribution in [-0.2, 0) is 0 Å². The van der Waals surface area contributed by atoms with Crippen LogP contribution in [0.5, 0.6) is 0 Å². The summed E-state index contributed by atoms with van der Waals surface area (Å²) < 4.78 is 0.818. The monoisotopic (exact) mass is 407 g/mol. The van der Waals surface area contributed by atoms with Crippen molar-refractivity contribution >= 4 is 49.4 Å². The molecule has 1 aromatic carbocycles. The fourth-order valence-electron chi connectivity index (χ4n) is 2.40. The van der Waals surface area contributed by atoms with Crippen LogP contribution in [0.3, 0.4) is 0 Å². The molecule has 0 bridgehead atoms. The zero-order valence-electron chi connectivity index (χ0n) is 10.5. The van der Waals surface area contributed by atoms with Crippen LogP contribution in [-0.4, -0.2) is 28.7 Å². The van der Waals surface area contributed by atoms with Gasteiger partial charge in [-0.2, -0.15) is 0 Å². The van der Waals surface area contributed by atoms with Crippen molar-refractivity contribution in [2.75, 3.05) is 11.9 Å². The molecule has 5 heteroatoms. The molecule has 19 heavy (non-hydrogen) atoms. The number of rotatable bonds is 2. The van der Waals surface area contributed by atoms with Crippen LogP contribution in [0.2, 0.25) is 5.02 Å². The number of likely N-dealkylation sites (tertiary alicyclic amines) is 1. The Morgan fingerprint density at radius 2 is 2.16 bits per heavy atom. The molecule has 1 aromatic rings. The second kappa shape index (κ2) is 7.09. The Morgan fingerprint density at radius 3 is 2.84 bits per heavy atom. The summed E-state index contributed by atoms with van der Waals surface area (Å²) in [5.41, 5.74) is 0.668. The van der Waals surface area contributed by atoms with Crippen molar-refractivity contribution in [2.45, 2.75) is 31.7 Å². The maximum Gasteiger partial charge on any atom is 0.254 e. The van der Waals surface area contributed by atoms with E-state index in [0.29, 0.717) is 10.6 Å². The smallest absolute Gasteiger partial charge is 0.254 e. The SMILES string of the molecule is O=C(c1ccc(Br)c(Cl)c1)N1CCCCCC1CBr. The Labute approximate surface area is 135 Å². The minimum Gasteiger partial charge on any atom is -0.335 e. The van der Waals surface area contributed by atoms with E-state index in [4.69, 9.17) is 11.6 Å². The fourth-order valence-corrected chi connectivity index (χ4v) is 3.50. The van der Waals surface area contributed by atoms with Crippen molar-refractivity contribution in [1.82, 2.24) is 4.90 Å². The first kappa shape index (κ1) is 15.3. The number of hydrogen-bond acceptors (Lipinski definition) is 1. The molecular weight excluding hydrogens is 393 g/mol. The van der Waals surface area contributed by atoms with E-state index in [9.17, 15) is 4.79 Å². The summed E-state index contributed by atoms with van der Waals surface area (Å²) in [5.74, 6) is 0.0840. The Kier molecular flexibility index (Phi) is 5.72. The minimum atomic E-state index is 0.0840. The van der Waals surface area contributed by atoms with Gasteiger partial charge in [-0.25, -0.2) is 0 Å². The number of alkyl halides is 1. The predicted molar refractivity (Wildman–Crippen MR) is 86.2 cm³/mol. The average molecular weight is 410 g/mol. The van der Waals surface area contributed by atoms with Gasteiger partial charge >= 0.3 is 0 Å². The van der Waals surface area contributed by atoms with E-state index in [2.05, 4.69) is 31.9 Å². The van der Waals surface area contributed by atoms with Gasteiger partial charge in [0.05, 0.1) is 5.02 Å². The van der Waals surface area contributed by atoms with Crippen LogP contribution in [0, 0.1) is 0 Å². The van der Waals surface area contributed by atoms with Crippen LogP contribution < -0.4 is 0 Å². The zero-order chi connectivity index (χ0) is 13.8. The van der Waals surface area contributed by atoms with E-state index in [1.807, 2.05) is 17.0 Å². The van der Waals surface area contributed by atoms with Gasteiger partial charge in [-0.3, -0.25) is 4.79 Å². The Bertz CT molecular complexity index is 467. The van der Waals surface area contributed by atoms with Gasteiger partial charge in [0.15, 0.2) is 0 Å². The number of amides is 1. The molecular formula is C14H16Br2ClNO. The van der Waals surface area contributed by atoms with Crippen LogP contribution in [0.25, 0.3) is 0 Å². The number of hydrogen-bond donors (Lipinski definition) is 0. The summed E-state index contributed by atoms with van der Waals surface area (Å²) >= 11 is 12.9. The summed E-state index contributed by atoms with van der Waals surface area (Å²) in [6.07, 6.45) is 4.55. The second-order valence-corrected chi connectivity index (χ2v) is 6.69. The fraction of sp³-hybridized carbons (Fsp3) is 0.500. The molecule has 0 radical (unpaired) electrons. The van der Waals surface area contributed by atoms with Gasteiger partial charge < -0.3 is 4.90 Å². The van der Waals surface area contributed by atoms with E-state index in [0.717, 1.165) is 29.2 Å². The molecule has 0 saturated carbocycles. The molecule has 1 amide bonds. The van der Waals surface area contributed by atoms with Gasteiger partial charge in [-0.05, 0) is 47.0 Å². The molecule has 1 aliphatic heterocycles. The highest BCUT2D eigenvalue weighted by Gasteiger charge is 2.25. The molecule has 1 aliphatic rings. The summed E-state index contributed by atoms with van der Waals surface area (Å²) in [6, 6.07) is 5.69. The first-order valence-electron chi connectivity index (χ1n) is 6.45. The quantitative estimate of drug-likeness (QED) is 0.638. The van der Waals surface area contributed by atoms with Crippen molar-refractivity contribution in [2.24, 2.45) is 0 Å². The largest absolute Gasteiger partial charge is 0.335 e. The maximum absolute atomic E-state index is 12.6. The Hall–Kier alpha value is -0.0600. The van der Waals surface area contributed by atoms with Crippen molar-refractivity contribution in [1.29, 1.82) is 0 Å². The highest BCUT2D eigenvalue weighted by atomic mass is 79.9. The lowest BCUT2D eigenvalue weighted by molar-refractivity contribution is 0.0702. The van der Waals surface area contributed by atoms with Gasteiger partial charge in [0.25, 0.3) is 5.91 Å². The topological polar surface area (TPSA) is 20.3 Å². The second-order valence-electron chi connectivity index (χ2n) is 4.78. The van der Waals surface area contributed by atoms with Gasteiger partial charge in [-0.15, -0.1) is 0 Å². The maximum atomic E-state index is 12.6. The lowest BCUT2D eigenvalue weighted by atomic mass is 10.1. The Balaban J connectivity index is 2.22. The zero-order valence-corrected chi connectivity index (χ0v) is 14.5. The first-order valence-corrected chi connectivity index (χ1v) is 8.74. The van der Waals surface area contributed by atoms with Crippen molar-refractivity contribution in [3.05, 3.63) is 33.3 Å². The summed E-state index contributed by atoms with van der Waals surface area (Å²) in [7, 11) is 0. The third-order valence-corrected chi connectivity index (χ3v) is 5.46. The lowest BCUT2D eigenvalue weighted by Gasteiger charge is -2.29. The van der Waals surface area contributed by atoms with Crippen LogP contribution in [0.15, 0.2) is 22.7 Å². The highest BCUT2D eigenvalue weighted by molar-refractivity contribution is 9.10. The predicted octanol–water partition coefficient (Wildman–Crippen LogP) is 4.88. The number of nitrogens with zero attached hydrogens (tertiary/aromatic N) is 1. The van der Waals surface area contributed by atoms with E-state index in [-0.39, 0.29) is 11.9 Å². The molecule has 1 atom stereocenters. The summed E-state index contributed by atoms with van der Waals surface area (Å²) in [5, 5.41) is 1.42. The van der Waals surface area contributed by atoms with E-state index < -0.39 is 0 Å². The van der Waals surface area contributed by atoms with Gasteiger partial charge in [0.2, 0.25) is 0 Å². The molecule has 104 valence electrons. The van der Waals surface area contributed by atoms with Crippen LogP contribution in [0.4, 0.5) is 0 Å². The van der Waals surface area contributed by atoms with E-state index >= 15 is 0 Å². The molecule has 0 spiro atoms. The van der Waals surface area contributed by atoms with Crippen molar-refractivity contribution in [3.63, 3.8) is 0 Å². The number of carbonyl (C=O) groups excluding carboxylic acids is 1. The van der Waals surface area contributed by atoms with Crippen molar-refractivity contribution in [3.8, 4) is 0 Å². The molecule has 1 unspecified atom stereocenters. The van der Waals surface area contributed by atoms with Gasteiger partial charge in [0.1, 0.15) is 0 Å². The van der Waals surface area contributed by atoms with E-state index in [1.165, 1.54) is 12.8 Å². The highest BCUT2D eigenvalue weighted by Crippen LogP contribution is 2.26. The third kappa shape index (κ3) is 3.73. The van der Waals surface area contributed by atoms with Gasteiger partial charge in [0, 0.05) is 28.0 Å². The van der Waals surface area contributed by atoms with Crippen LogP contribution in [0.1, 0.15) is 36.0 Å². The third-order valence-electron chi connectivity index (χ3n) is 3.48. The first-order chi connectivity index (χ1) is 9.13. The molecule has 1 fully saturated rings. The summed E-state index contributed by atoms with van der Waals surface area (Å²) in [6.45, 7) is 0.836. The molecule has 2 rings (SSSR count). The van der Waals surface area contributed by atoms with E-state index in [1.54, 1.807) is 6.07 Å². The summed E-state index contributed by atoms with van der Waals surface area (Å²) in [4.78, 5) is 14.6. The molecule has 1 saturated heterocycles. The standard InChI is InChI=1S/C14H16Br2ClNO/c15-9-11-4-2-1-3-7-18(11)14(19)10-5-6-12(16)13(17)8-10/h5-6,8,11H,1-4,7,9H2. The Morgan fingerprint density at radius 1 is 1.37 bits per heavy atom. The number of carbonyl (C=O) groups is 1. The normalized spacial score (nSPS) is 20.2. The molecule has 0 aromatic heterocycles. The molecule has 0 N–H and O–H groups in total. The van der Waals surface area contributed by atoms with Gasteiger partial charge in [-0.1, -0.05) is 40.4 Å². The molecule has 0 aliphatic carbocycles. The van der Waals surface area contributed by atoms with Crippen LogP contribution >= 0.6 is 43.5 Å². The van der Waals surface area contributed by atoms with Crippen molar-refractivity contribution < 1.29 is 4.79 Å². The number of halogens is 3.